The van der Waals surface area contributed by atoms with Crippen LogP contribution in [0.25, 0.3) is 0 Å². The summed E-state index contributed by atoms with van der Waals surface area (Å²) in [4.78, 5) is 18.9. The summed E-state index contributed by atoms with van der Waals surface area (Å²) in [5, 5.41) is 0. The van der Waals surface area contributed by atoms with Gasteiger partial charge in [-0.2, -0.15) is 13.2 Å². The van der Waals surface area contributed by atoms with Gasteiger partial charge in [-0.15, -0.1) is 0 Å². The Bertz CT molecular complexity index is 560. The van der Waals surface area contributed by atoms with E-state index < -0.39 is 23.2 Å². The zero-order valence-corrected chi connectivity index (χ0v) is 10.1. The molecule has 104 valence electrons. The minimum Gasteiger partial charge on any atom is -0.368 e. The van der Waals surface area contributed by atoms with Crippen molar-refractivity contribution in [3.8, 4) is 0 Å². The molecule has 1 aromatic carbocycles. The van der Waals surface area contributed by atoms with Gasteiger partial charge >= 0.3 is 6.18 Å². The smallest absolute Gasteiger partial charge is 0.368 e. The molecule has 1 heterocycles. The van der Waals surface area contributed by atoms with Crippen LogP contribution >= 0.6 is 0 Å². The molecule has 1 atom stereocenters. The van der Waals surface area contributed by atoms with Gasteiger partial charge in [0.1, 0.15) is 6.33 Å². The van der Waals surface area contributed by atoms with Gasteiger partial charge in [-0.3, -0.25) is 4.79 Å². The molecule has 0 saturated carbocycles. The van der Waals surface area contributed by atoms with E-state index in [0.717, 1.165) is 18.6 Å². The fraction of sp³-hybridized carbons (Fsp3) is 0.154. The first-order chi connectivity index (χ1) is 9.40. The number of primary amides is 1. The number of halogens is 3. The van der Waals surface area contributed by atoms with Crippen LogP contribution in [0, 0.1) is 0 Å². The van der Waals surface area contributed by atoms with E-state index in [2.05, 4.69) is 9.97 Å². The average molecular weight is 281 g/mol. The summed E-state index contributed by atoms with van der Waals surface area (Å²) in [6, 6.07) is 7.78. The van der Waals surface area contributed by atoms with Gasteiger partial charge < -0.3 is 5.73 Å². The van der Waals surface area contributed by atoms with Gasteiger partial charge in [-0.25, -0.2) is 9.97 Å². The number of hydrogen-bond donors (Lipinski definition) is 1. The van der Waals surface area contributed by atoms with Gasteiger partial charge in [-0.05, 0) is 11.6 Å². The number of alkyl halides is 3. The molecule has 0 radical (unpaired) electrons. The Morgan fingerprint density at radius 1 is 1.10 bits per heavy atom. The summed E-state index contributed by atoms with van der Waals surface area (Å²) in [5.74, 6) is -1.53. The van der Waals surface area contributed by atoms with Crippen molar-refractivity contribution in [2.45, 2.75) is 11.6 Å². The molecule has 1 aromatic heterocycles. The standard InChI is InChI=1S/C13H10F3N3O/c14-13(15,16)12(11(17)20,9-4-2-1-3-5-9)10-6-7-18-8-19-10/h1-8H,(H2,17,20). The molecule has 2 N–H and O–H groups in total. The number of rotatable bonds is 3. The van der Waals surface area contributed by atoms with Crippen molar-refractivity contribution in [1.82, 2.24) is 9.97 Å². The predicted molar refractivity (Wildman–Crippen MR) is 64.5 cm³/mol. The molecule has 0 saturated heterocycles. The molecule has 0 aliphatic rings. The van der Waals surface area contributed by atoms with Crippen molar-refractivity contribution in [2.75, 3.05) is 0 Å². The first-order valence-corrected chi connectivity index (χ1v) is 5.59. The van der Waals surface area contributed by atoms with Crippen LogP contribution in [0.5, 0.6) is 0 Å². The molecule has 0 aliphatic heterocycles. The van der Waals surface area contributed by atoms with E-state index in [1.54, 1.807) is 6.07 Å². The summed E-state index contributed by atoms with van der Waals surface area (Å²) >= 11 is 0. The number of nitrogens with two attached hydrogens (primary N) is 1. The number of nitrogens with zero attached hydrogens (tertiary/aromatic N) is 2. The van der Waals surface area contributed by atoms with Crippen LogP contribution in [0.3, 0.4) is 0 Å². The van der Waals surface area contributed by atoms with E-state index in [1.165, 1.54) is 24.3 Å². The Morgan fingerprint density at radius 2 is 1.75 bits per heavy atom. The summed E-state index contributed by atoms with van der Waals surface area (Å²) < 4.78 is 40.9. The maximum absolute atomic E-state index is 13.6. The van der Waals surface area contributed by atoms with Crippen molar-refractivity contribution >= 4 is 5.91 Å². The summed E-state index contributed by atoms with van der Waals surface area (Å²) in [5.41, 5.74) is 1.33. The molecule has 0 fully saturated rings. The molecular weight excluding hydrogens is 271 g/mol. The lowest BCUT2D eigenvalue weighted by atomic mass is 9.76. The number of benzene rings is 1. The van der Waals surface area contributed by atoms with Gasteiger partial charge in [-0.1, -0.05) is 30.3 Å². The summed E-state index contributed by atoms with van der Waals surface area (Å²) in [6.07, 6.45) is -2.84. The number of hydrogen-bond acceptors (Lipinski definition) is 3. The zero-order valence-electron chi connectivity index (χ0n) is 10.1. The Kier molecular flexibility index (Phi) is 3.44. The molecule has 1 unspecified atom stereocenters. The highest BCUT2D eigenvalue weighted by atomic mass is 19.4. The third-order valence-electron chi connectivity index (χ3n) is 2.97. The van der Waals surface area contributed by atoms with Crippen molar-refractivity contribution in [3.63, 3.8) is 0 Å². The highest BCUT2D eigenvalue weighted by Gasteiger charge is 2.62. The Labute approximate surface area is 112 Å². The molecule has 1 amide bonds. The molecule has 7 heteroatoms. The number of carbonyl (C=O) groups is 1. The summed E-state index contributed by atoms with van der Waals surface area (Å²) in [6.45, 7) is 0. The molecule has 20 heavy (non-hydrogen) atoms. The van der Waals surface area contributed by atoms with Gasteiger partial charge in [0.2, 0.25) is 11.3 Å². The third-order valence-corrected chi connectivity index (χ3v) is 2.97. The Balaban J connectivity index is 2.81. The van der Waals surface area contributed by atoms with E-state index in [0.29, 0.717) is 0 Å². The lowest BCUT2D eigenvalue weighted by Gasteiger charge is -2.32. The topological polar surface area (TPSA) is 68.9 Å². The van der Waals surface area contributed by atoms with Crippen LogP contribution in [-0.4, -0.2) is 22.1 Å². The third kappa shape index (κ3) is 2.01. The number of carbonyl (C=O) groups excluding carboxylic acids is 1. The quantitative estimate of drug-likeness (QED) is 0.932. The molecular formula is C13H10F3N3O. The van der Waals surface area contributed by atoms with E-state index in [9.17, 15) is 18.0 Å². The van der Waals surface area contributed by atoms with Gasteiger partial charge in [0.05, 0.1) is 5.69 Å². The largest absolute Gasteiger partial charge is 0.412 e. The van der Waals surface area contributed by atoms with Crippen LogP contribution in [-0.2, 0) is 10.2 Å². The molecule has 2 aromatic rings. The van der Waals surface area contributed by atoms with Crippen LogP contribution in [0.4, 0.5) is 13.2 Å². The van der Waals surface area contributed by atoms with Crippen molar-refractivity contribution in [1.29, 1.82) is 0 Å². The zero-order chi connectivity index (χ0) is 14.8. The normalized spacial score (nSPS) is 14.6. The maximum atomic E-state index is 13.6. The first kappa shape index (κ1) is 14.0. The minimum absolute atomic E-state index is 0.279. The minimum atomic E-state index is -4.92. The maximum Gasteiger partial charge on any atom is 0.412 e. The highest BCUT2D eigenvalue weighted by molar-refractivity contribution is 5.91. The van der Waals surface area contributed by atoms with Crippen LogP contribution in [0.15, 0.2) is 48.9 Å². The van der Waals surface area contributed by atoms with Gasteiger partial charge in [0, 0.05) is 6.20 Å². The first-order valence-electron chi connectivity index (χ1n) is 5.59. The van der Waals surface area contributed by atoms with E-state index >= 15 is 0 Å². The molecule has 0 spiro atoms. The van der Waals surface area contributed by atoms with Crippen LogP contribution in [0.2, 0.25) is 0 Å². The highest BCUT2D eigenvalue weighted by Crippen LogP contribution is 2.45. The Morgan fingerprint density at radius 3 is 2.20 bits per heavy atom. The van der Waals surface area contributed by atoms with E-state index in [1.807, 2.05) is 0 Å². The number of aromatic nitrogens is 2. The van der Waals surface area contributed by atoms with Gasteiger partial charge in [0.15, 0.2) is 0 Å². The second kappa shape index (κ2) is 4.92. The second-order valence-corrected chi connectivity index (χ2v) is 4.07. The van der Waals surface area contributed by atoms with Crippen molar-refractivity contribution in [3.05, 3.63) is 60.2 Å². The van der Waals surface area contributed by atoms with Crippen LogP contribution in [0.1, 0.15) is 11.3 Å². The monoisotopic (exact) mass is 281 g/mol. The average Bonchev–Trinajstić information content (AvgIpc) is 2.40. The molecule has 0 aliphatic carbocycles. The summed E-state index contributed by atoms with van der Waals surface area (Å²) in [7, 11) is 0. The van der Waals surface area contributed by atoms with Crippen molar-refractivity contribution < 1.29 is 18.0 Å². The fourth-order valence-electron chi connectivity index (χ4n) is 2.07. The second-order valence-electron chi connectivity index (χ2n) is 4.07. The predicted octanol–water partition coefficient (Wildman–Crippen LogP) is 1.81. The lowest BCUT2D eigenvalue weighted by molar-refractivity contribution is -0.184. The van der Waals surface area contributed by atoms with E-state index in [-0.39, 0.29) is 5.56 Å². The van der Waals surface area contributed by atoms with E-state index in [4.69, 9.17) is 5.73 Å². The number of amides is 1. The Hall–Kier alpha value is -2.44. The van der Waals surface area contributed by atoms with Crippen LogP contribution < -0.4 is 5.73 Å². The molecule has 4 nitrogen and oxygen atoms in total. The molecule has 2 rings (SSSR count). The lowest BCUT2D eigenvalue weighted by Crippen LogP contribution is -2.54. The van der Waals surface area contributed by atoms with Gasteiger partial charge in [0.25, 0.3) is 0 Å². The SMILES string of the molecule is NC(=O)C(c1ccccc1)(c1ccncn1)C(F)(F)F. The van der Waals surface area contributed by atoms with Crippen molar-refractivity contribution in [2.24, 2.45) is 5.73 Å². The fourth-order valence-corrected chi connectivity index (χ4v) is 2.07. The molecule has 0 bridgehead atoms.